The van der Waals surface area contributed by atoms with Gasteiger partial charge < -0.3 is 105 Å². The van der Waals surface area contributed by atoms with Crippen LogP contribution in [0.25, 0.3) is 0 Å². The largest absolute Gasteiger partial charge is 0.466 e. The Morgan fingerprint density at radius 1 is 0.365 bits per heavy atom. The fraction of sp³-hybridized carbons (Fsp3) is 0.913. The van der Waals surface area contributed by atoms with Gasteiger partial charge in [0.05, 0.1) is 77.8 Å². The molecule has 15 atom stereocenters. The molecule has 0 radical (unpaired) electrons. The lowest BCUT2D eigenvalue weighted by Gasteiger charge is -2.40. The maximum Gasteiger partial charge on any atom is 0.407 e. The molecule has 0 bridgehead atoms. The summed E-state index contributed by atoms with van der Waals surface area (Å²) in [6.45, 7) is 8.89. The highest BCUT2D eigenvalue weighted by atomic mass is 16.7. The van der Waals surface area contributed by atoms with E-state index in [0.717, 1.165) is 109 Å². The van der Waals surface area contributed by atoms with Gasteiger partial charge in [-0.05, 0) is 102 Å². The minimum absolute atomic E-state index is 0.0974. The van der Waals surface area contributed by atoms with Crippen molar-refractivity contribution in [2.24, 2.45) is 23.2 Å². The fourth-order valence-electron chi connectivity index (χ4n) is 12.3. The van der Waals surface area contributed by atoms with Gasteiger partial charge in [-0.15, -0.1) is 0 Å². The van der Waals surface area contributed by atoms with Crippen molar-refractivity contribution in [1.82, 2.24) is 16.0 Å². The summed E-state index contributed by atoms with van der Waals surface area (Å²) in [6.07, 6.45) is 8.45. The van der Waals surface area contributed by atoms with Gasteiger partial charge in [-0.2, -0.15) is 0 Å². The number of Topliss-reactive ketones (excluding diaryl/α,β-unsaturated/α-hetero) is 1. The van der Waals surface area contributed by atoms with Gasteiger partial charge in [0, 0.05) is 75.9 Å². The lowest BCUT2D eigenvalue weighted by molar-refractivity contribution is -0.282. The monoisotopic (exact) mass is 1380 g/mol. The second-order valence-electron chi connectivity index (χ2n) is 26.6. The van der Waals surface area contributed by atoms with Crippen LogP contribution in [0.5, 0.6) is 0 Å². The first kappa shape index (κ1) is 86.4. The maximum absolute atomic E-state index is 12.7. The standard InChI is InChI=1S/C69H125N3O24/c1-5-69(33-24-42-88-57(79)31-16-10-7-12-18-36-70-55(77)29-22-40-91-66-49(3)60(82)63(85)53(46-74)95-66,34-25-43-89-58(80)32-17-11-8-13-19-37-71-56(78)30-23-41-92-67-50(4)61(83)64(86)54(47-75)96-67)35-26-44-93-68(87)72-38-20-14-6-9-15-27-51(76)28-21-39-90-65-48(2)59(81)62(84)52(45-73)94-65/h48-50,52-54,59-67,73-75,81-86H,5-47H2,1-4H3,(H,70,77)(H,71,78)(H,72,87). The van der Waals surface area contributed by atoms with Gasteiger partial charge in [-0.1, -0.05) is 91.9 Å². The second-order valence-corrected chi connectivity index (χ2v) is 26.6. The molecule has 3 heterocycles. The van der Waals surface area contributed by atoms with Gasteiger partial charge in [0.15, 0.2) is 18.9 Å². The lowest BCUT2D eigenvalue weighted by atomic mass is 9.73. The summed E-state index contributed by atoms with van der Waals surface area (Å²) in [7, 11) is 0. The first-order chi connectivity index (χ1) is 46.2. The van der Waals surface area contributed by atoms with E-state index in [9.17, 15) is 74.7 Å². The van der Waals surface area contributed by atoms with Gasteiger partial charge in [-0.25, -0.2) is 4.79 Å². The van der Waals surface area contributed by atoms with Gasteiger partial charge in [0.25, 0.3) is 0 Å². The predicted molar refractivity (Wildman–Crippen MR) is 352 cm³/mol. The Bertz CT molecular complexity index is 1870. The first-order valence-electron chi connectivity index (χ1n) is 36.2. The molecule has 12 N–H and O–H groups in total. The van der Waals surface area contributed by atoms with Crippen molar-refractivity contribution in [3.05, 3.63) is 0 Å². The third kappa shape index (κ3) is 35.0. The molecule has 0 aromatic rings. The normalized spacial score (nSPS) is 26.5. The number of aliphatic hydroxyl groups excluding tert-OH is 9. The number of carbonyl (C=O) groups is 6. The molecule has 3 aliphatic rings. The van der Waals surface area contributed by atoms with E-state index in [1.165, 1.54) is 0 Å². The average molecular weight is 1380 g/mol. The Balaban J connectivity index is 1.28. The zero-order valence-electron chi connectivity index (χ0n) is 58.2. The van der Waals surface area contributed by atoms with E-state index in [4.69, 9.17) is 42.6 Å². The Hall–Kier alpha value is -3.78. The van der Waals surface area contributed by atoms with Crippen molar-refractivity contribution < 1.29 is 117 Å². The Morgan fingerprint density at radius 3 is 1.04 bits per heavy atom. The van der Waals surface area contributed by atoms with Crippen LogP contribution in [-0.4, -0.2) is 234 Å². The van der Waals surface area contributed by atoms with Crippen LogP contribution in [0.15, 0.2) is 0 Å². The molecule has 0 aromatic heterocycles. The zero-order chi connectivity index (χ0) is 70.5. The molecule has 0 saturated carbocycles. The third-order valence-electron chi connectivity index (χ3n) is 18.8. The SMILES string of the molecule is CCC(CCCOC(=O)CCCCCCCNC(=O)CCCOC1OC(CO)C(O)C(O)C1C)(CCCOC(=O)CCCCCCCNC(=O)CCCOC1OC(CO)C(O)C(O)C1C)CCCOC(=O)NCCCCCCCC(=O)CCCOC1OC(CO)C(O)C(O)C1C. The molecular weight excluding hydrogens is 1250 g/mol. The molecule has 0 spiro atoms. The number of nitrogens with one attached hydrogen (secondary N) is 3. The minimum Gasteiger partial charge on any atom is -0.466 e. The van der Waals surface area contributed by atoms with E-state index >= 15 is 0 Å². The Kier molecular flexibility index (Phi) is 46.3. The summed E-state index contributed by atoms with van der Waals surface area (Å²) in [5, 5.41) is 97.6. The predicted octanol–water partition coefficient (Wildman–Crippen LogP) is 4.98. The Labute approximate surface area is 569 Å². The number of hydrogen-bond donors (Lipinski definition) is 12. The molecule has 0 aromatic carbocycles. The van der Waals surface area contributed by atoms with Crippen LogP contribution in [0.2, 0.25) is 0 Å². The smallest absolute Gasteiger partial charge is 0.407 e. The molecule has 560 valence electrons. The number of unbranched alkanes of at least 4 members (excludes halogenated alkanes) is 12. The van der Waals surface area contributed by atoms with Crippen LogP contribution >= 0.6 is 0 Å². The number of alkyl carbamates (subject to hydrolysis) is 1. The average Bonchev–Trinajstić information content (AvgIpc) is 0.883. The Morgan fingerprint density at radius 2 is 0.677 bits per heavy atom. The second kappa shape index (κ2) is 51.4. The minimum atomic E-state index is -1.20. The molecule has 3 saturated heterocycles. The molecule has 3 rings (SSSR count). The maximum atomic E-state index is 12.7. The molecule has 3 amide bonds. The summed E-state index contributed by atoms with van der Waals surface area (Å²) in [5.41, 5.74) is -0.164. The van der Waals surface area contributed by atoms with Crippen molar-refractivity contribution in [3.8, 4) is 0 Å². The van der Waals surface area contributed by atoms with Crippen LogP contribution in [0.1, 0.15) is 227 Å². The van der Waals surface area contributed by atoms with E-state index in [-0.39, 0.29) is 87.4 Å². The zero-order valence-corrected chi connectivity index (χ0v) is 58.2. The van der Waals surface area contributed by atoms with Crippen molar-refractivity contribution in [3.63, 3.8) is 0 Å². The van der Waals surface area contributed by atoms with Gasteiger partial charge in [-0.3, -0.25) is 24.0 Å². The summed E-state index contributed by atoms with van der Waals surface area (Å²) < 4.78 is 50.7. The van der Waals surface area contributed by atoms with Crippen LogP contribution in [0.4, 0.5) is 4.79 Å². The number of amides is 3. The van der Waals surface area contributed by atoms with E-state index in [1.807, 2.05) is 0 Å². The van der Waals surface area contributed by atoms with Crippen molar-refractivity contribution in [2.75, 3.05) is 79.1 Å². The highest BCUT2D eigenvalue weighted by Crippen LogP contribution is 2.39. The summed E-state index contributed by atoms with van der Waals surface area (Å²) in [6, 6.07) is 0. The van der Waals surface area contributed by atoms with Crippen LogP contribution in [0, 0.1) is 23.2 Å². The molecule has 27 nitrogen and oxygen atoms in total. The lowest BCUT2D eigenvalue weighted by Crippen LogP contribution is -2.55. The summed E-state index contributed by atoms with van der Waals surface area (Å²) in [4.78, 5) is 75.3. The fourth-order valence-corrected chi connectivity index (χ4v) is 12.3. The number of rotatable bonds is 55. The molecule has 0 aliphatic carbocycles. The first-order valence-corrected chi connectivity index (χ1v) is 36.2. The number of ether oxygens (including phenoxy) is 9. The third-order valence-corrected chi connectivity index (χ3v) is 18.8. The van der Waals surface area contributed by atoms with Crippen LogP contribution < -0.4 is 16.0 Å². The van der Waals surface area contributed by atoms with E-state index < -0.39 is 117 Å². The molecule has 96 heavy (non-hydrogen) atoms. The number of carbonyl (C=O) groups excluding carboxylic acids is 6. The van der Waals surface area contributed by atoms with Gasteiger partial charge >= 0.3 is 18.0 Å². The number of ketones is 1. The number of hydrogen-bond acceptors (Lipinski definition) is 24. The van der Waals surface area contributed by atoms with Crippen molar-refractivity contribution in [1.29, 1.82) is 0 Å². The van der Waals surface area contributed by atoms with Crippen LogP contribution in [-0.2, 0) is 66.6 Å². The highest BCUT2D eigenvalue weighted by Gasteiger charge is 2.45. The number of aliphatic hydroxyl groups is 9. The summed E-state index contributed by atoms with van der Waals surface area (Å²) >= 11 is 0. The van der Waals surface area contributed by atoms with Crippen molar-refractivity contribution in [2.45, 2.75) is 301 Å². The number of esters is 2. The van der Waals surface area contributed by atoms with E-state index in [2.05, 4.69) is 22.9 Å². The molecular formula is C69H125N3O24. The van der Waals surface area contributed by atoms with E-state index in [1.54, 1.807) is 20.8 Å². The molecule has 3 aliphatic heterocycles. The highest BCUT2D eigenvalue weighted by molar-refractivity contribution is 5.78. The van der Waals surface area contributed by atoms with Gasteiger partial charge in [0.1, 0.15) is 42.4 Å². The quantitative estimate of drug-likeness (QED) is 0.0217. The van der Waals surface area contributed by atoms with E-state index in [0.29, 0.717) is 96.7 Å². The molecule has 27 heteroatoms. The topological polar surface area (TPSA) is 404 Å². The molecule has 3 fully saturated rings. The van der Waals surface area contributed by atoms with Crippen molar-refractivity contribution >= 4 is 35.6 Å². The van der Waals surface area contributed by atoms with Crippen LogP contribution in [0.3, 0.4) is 0 Å². The van der Waals surface area contributed by atoms with Gasteiger partial charge in [0.2, 0.25) is 11.8 Å². The summed E-state index contributed by atoms with van der Waals surface area (Å²) in [5.74, 6) is -2.03. The molecule has 15 unspecified atom stereocenters.